The normalized spacial score (nSPS) is 13.5. The number of aromatic nitrogens is 1. The van der Waals surface area contributed by atoms with E-state index in [0.717, 1.165) is 24.1 Å². The number of nitrogens with zero attached hydrogens (tertiary/aromatic N) is 2. The highest BCUT2D eigenvalue weighted by Gasteiger charge is 2.28. The number of rotatable bonds is 7. The van der Waals surface area contributed by atoms with Crippen LogP contribution in [0.3, 0.4) is 0 Å². The van der Waals surface area contributed by atoms with Gasteiger partial charge in [-0.2, -0.15) is 0 Å². The lowest BCUT2D eigenvalue weighted by Crippen LogP contribution is -2.39. The van der Waals surface area contributed by atoms with Crippen LogP contribution in [0.5, 0.6) is 0 Å². The maximum absolute atomic E-state index is 12.8. The maximum Gasteiger partial charge on any atom is 0.254 e. The Labute approximate surface area is 152 Å². The average molecular weight is 357 g/mol. The third-order valence-corrected chi connectivity index (χ3v) is 5.10. The molecular formula is C19H23N3O2S. The maximum atomic E-state index is 12.8. The number of thiazole rings is 1. The number of hydrogen-bond donors (Lipinski definition) is 1. The van der Waals surface area contributed by atoms with Crippen LogP contribution in [0.4, 0.5) is 5.13 Å². The minimum absolute atomic E-state index is 0.0590. The molecule has 1 aliphatic carbocycles. The molecule has 3 rings (SSSR count). The van der Waals surface area contributed by atoms with Crippen LogP contribution >= 0.6 is 11.3 Å². The Morgan fingerprint density at radius 2 is 2.00 bits per heavy atom. The molecule has 0 atom stereocenters. The second-order valence-electron chi connectivity index (χ2n) is 6.50. The van der Waals surface area contributed by atoms with E-state index in [0.29, 0.717) is 23.2 Å². The molecule has 1 aromatic heterocycles. The van der Waals surface area contributed by atoms with Gasteiger partial charge in [0.1, 0.15) is 6.54 Å². The third-order valence-electron chi connectivity index (χ3n) is 4.27. The summed E-state index contributed by atoms with van der Waals surface area (Å²) < 4.78 is 0. The van der Waals surface area contributed by atoms with Crippen LogP contribution in [0.1, 0.15) is 40.6 Å². The standard InChI is InChI=1S/C19H23N3O2S/c1-3-14-6-8-16(9-7-14)18(24)22(11-15-4-5-15)12-17(23)21-19-20-10-13(2)25-19/h6-10,15H,3-5,11-12H2,1-2H3,(H,20,21,23). The molecular weight excluding hydrogens is 334 g/mol. The number of anilines is 1. The quantitative estimate of drug-likeness (QED) is 0.825. The monoisotopic (exact) mass is 357 g/mol. The third kappa shape index (κ3) is 4.89. The zero-order valence-electron chi connectivity index (χ0n) is 14.6. The summed E-state index contributed by atoms with van der Waals surface area (Å²) in [5, 5.41) is 3.36. The number of benzene rings is 1. The molecule has 6 heteroatoms. The van der Waals surface area contributed by atoms with Crippen molar-refractivity contribution in [1.29, 1.82) is 0 Å². The first kappa shape index (κ1) is 17.6. The molecule has 1 N–H and O–H groups in total. The van der Waals surface area contributed by atoms with E-state index in [9.17, 15) is 9.59 Å². The predicted molar refractivity (Wildman–Crippen MR) is 99.9 cm³/mol. The fourth-order valence-electron chi connectivity index (χ4n) is 2.64. The summed E-state index contributed by atoms with van der Waals surface area (Å²) in [6.45, 7) is 4.72. The van der Waals surface area contributed by atoms with Crippen molar-refractivity contribution in [3.8, 4) is 0 Å². The second-order valence-corrected chi connectivity index (χ2v) is 7.74. The van der Waals surface area contributed by atoms with Gasteiger partial charge >= 0.3 is 0 Å². The van der Waals surface area contributed by atoms with Gasteiger partial charge in [-0.05, 0) is 49.8 Å². The highest BCUT2D eigenvalue weighted by molar-refractivity contribution is 7.15. The van der Waals surface area contributed by atoms with E-state index in [1.165, 1.54) is 16.9 Å². The van der Waals surface area contributed by atoms with Gasteiger partial charge in [0.2, 0.25) is 5.91 Å². The largest absolute Gasteiger partial charge is 0.329 e. The fourth-order valence-corrected chi connectivity index (χ4v) is 3.32. The molecule has 0 saturated heterocycles. The van der Waals surface area contributed by atoms with E-state index < -0.39 is 0 Å². The van der Waals surface area contributed by atoms with E-state index in [1.807, 2.05) is 31.2 Å². The fraction of sp³-hybridized carbons (Fsp3) is 0.421. The summed E-state index contributed by atoms with van der Waals surface area (Å²) in [4.78, 5) is 32.0. The van der Waals surface area contributed by atoms with Gasteiger partial charge in [0.25, 0.3) is 5.91 Å². The first-order valence-corrected chi connectivity index (χ1v) is 9.47. The highest BCUT2D eigenvalue weighted by atomic mass is 32.1. The van der Waals surface area contributed by atoms with Gasteiger partial charge in [0, 0.05) is 23.2 Å². The Morgan fingerprint density at radius 1 is 1.28 bits per heavy atom. The molecule has 1 saturated carbocycles. The average Bonchev–Trinajstić information content (AvgIpc) is 3.34. The van der Waals surface area contributed by atoms with Crippen molar-refractivity contribution in [1.82, 2.24) is 9.88 Å². The molecule has 1 aliphatic rings. The van der Waals surface area contributed by atoms with Crippen LogP contribution in [0, 0.1) is 12.8 Å². The first-order chi connectivity index (χ1) is 12.0. The molecule has 0 unspecified atom stereocenters. The van der Waals surface area contributed by atoms with E-state index in [2.05, 4.69) is 17.2 Å². The first-order valence-electron chi connectivity index (χ1n) is 8.65. The lowest BCUT2D eigenvalue weighted by Gasteiger charge is -2.22. The molecule has 0 aliphatic heterocycles. The van der Waals surface area contributed by atoms with E-state index in [-0.39, 0.29) is 18.4 Å². The van der Waals surface area contributed by atoms with Crippen molar-refractivity contribution in [3.63, 3.8) is 0 Å². The van der Waals surface area contributed by atoms with Crippen molar-refractivity contribution in [2.75, 3.05) is 18.4 Å². The van der Waals surface area contributed by atoms with Crippen molar-refractivity contribution in [2.24, 2.45) is 5.92 Å². The topological polar surface area (TPSA) is 62.3 Å². The molecule has 5 nitrogen and oxygen atoms in total. The molecule has 132 valence electrons. The molecule has 2 aromatic rings. The number of aryl methyl sites for hydroxylation is 2. The van der Waals surface area contributed by atoms with Crippen molar-refractivity contribution in [2.45, 2.75) is 33.1 Å². The zero-order valence-corrected chi connectivity index (χ0v) is 15.4. The van der Waals surface area contributed by atoms with Crippen LogP contribution < -0.4 is 5.32 Å². The molecule has 0 spiro atoms. The minimum atomic E-state index is -0.200. The van der Waals surface area contributed by atoms with E-state index in [1.54, 1.807) is 11.1 Å². The molecule has 2 amide bonds. The Morgan fingerprint density at radius 3 is 2.56 bits per heavy atom. The Bertz CT molecular complexity index is 750. The number of amides is 2. The summed E-state index contributed by atoms with van der Waals surface area (Å²) in [6, 6.07) is 7.65. The summed E-state index contributed by atoms with van der Waals surface area (Å²) in [5.41, 5.74) is 1.83. The second kappa shape index (κ2) is 7.78. The Balaban J connectivity index is 1.67. The smallest absolute Gasteiger partial charge is 0.254 e. The number of hydrogen-bond acceptors (Lipinski definition) is 4. The predicted octanol–water partition coefficient (Wildman–Crippen LogP) is 3.50. The molecule has 1 fully saturated rings. The number of carbonyl (C=O) groups excluding carboxylic acids is 2. The van der Waals surface area contributed by atoms with Gasteiger partial charge in [-0.15, -0.1) is 11.3 Å². The van der Waals surface area contributed by atoms with Gasteiger partial charge in [0.15, 0.2) is 5.13 Å². The Kier molecular flexibility index (Phi) is 5.48. The number of nitrogens with one attached hydrogen (secondary N) is 1. The molecule has 1 heterocycles. The summed E-state index contributed by atoms with van der Waals surface area (Å²) in [6.07, 6.45) is 4.93. The van der Waals surface area contributed by atoms with Crippen molar-refractivity contribution < 1.29 is 9.59 Å². The summed E-state index contributed by atoms with van der Waals surface area (Å²) in [5.74, 6) is 0.238. The van der Waals surface area contributed by atoms with E-state index in [4.69, 9.17) is 0 Å². The summed E-state index contributed by atoms with van der Waals surface area (Å²) in [7, 11) is 0. The van der Waals surface area contributed by atoms with Crippen molar-refractivity contribution in [3.05, 3.63) is 46.5 Å². The van der Waals surface area contributed by atoms with Crippen LogP contribution in [0.25, 0.3) is 0 Å². The zero-order chi connectivity index (χ0) is 17.8. The highest BCUT2D eigenvalue weighted by Crippen LogP contribution is 2.30. The molecule has 0 radical (unpaired) electrons. The SMILES string of the molecule is CCc1ccc(C(=O)N(CC(=O)Nc2ncc(C)s2)CC2CC2)cc1. The van der Waals surface area contributed by atoms with Crippen LogP contribution in [0.2, 0.25) is 0 Å². The van der Waals surface area contributed by atoms with E-state index >= 15 is 0 Å². The van der Waals surface area contributed by atoms with Gasteiger partial charge in [-0.1, -0.05) is 19.1 Å². The number of carbonyl (C=O) groups is 2. The van der Waals surface area contributed by atoms with Crippen LogP contribution in [-0.2, 0) is 11.2 Å². The van der Waals surface area contributed by atoms with Gasteiger partial charge in [0.05, 0.1) is 0 Å². The molecule has 0 bridgehead atoms. The Hall–Kier alpha value is -2.21. The van der Waals surface area contributed by atoms with Gasteiger partial charge in [-0.25, -0.2) is 4.98 Å². The lowest BCUT2D eigenvalue weighted by molar-refractivity contribution is -0.116. The van der Waals surface area contributed by atoms with Crippen molar-refractivity contribution >= 4 is 28.3 Å². The lowest BCUT2D eigenvalue weighted by atomic mass is 10.1. The van der Waals surface area contributed by atoms with Crippen LogP contribution in [0.15, 0.2) is 30.5 Å². The summed E-state index contributed by atoms with van der Waals surface area (Å²) >= 11 is 1.43. The molecule has 25 heavy (non-hydrogen) atoms. The van der Waals surface area contributed by atoms with Gasteiger partial charge < -0.3 is 10.2 Å². The van der Waals surface area contributed by atoms with Crippen LogP contribution in [-0.4, -0.2) is 34.8 Å². The van der Waals surface area contributed by atoms with Gasteiger partial charge in [-0.3, -0.25) is 9.59 Å². The minimum Gasteiger partial charge on any atom is -0.329 e. The molecule has 1 aromatic carbocycles.